The highest BCUT2D eigenvalue weighted by atomic mass is 16.5. The van der Waals surface area contributed by atoms with Crippen LogP contribution in [0, 0.1) is 6.92 Å². The lowest BCUT2D eigenvalue weighted by Gasteiger charge is -2.19. The maximum Gasteiger partial charge on any atom is 0.407 e. The van der Waals surface area contributed by atoms with E-state index in [1.807, 2.05) is 19.9 Å². The second kappa shape index (κ2) is 6.40. The molecule has 1 unspecified atom stereocenters. The largest absolute Gasteiger partial charge is 0.453 e. The van der Waals surface area contributed by atoms with Crippen molar-refractivity contribution >= 4 is 17.7 Å². The molecule has 1 fully saturated rings. The van der Waals surface area contributed by atoms with Crippen molar-refractivity contribution in [3.05, 3.63) is 11.9 Å². The van der Waals surface area contributed by atoms with E-state index in [0.29, 0.717) is 0 Å². The molecule has 0 aliphatic carbocycles. The number of amides is 1. The number of nitrogens with one attached hydrogen (secondary N) is 2. The third kappa shape index (κ3) is 3.49. The van der Waals surface area contributed by atoms with Gasteiger partial charge in [-0.2, -0.15) is 0 Å². The Kier molecular flexibility index (Phi) is 4.60. The minimum absolute atomic E-state index is 0.0975. The van der Waals surface area contributed by atoms with Crippen LogP contribution in [-0.4, -0.2) is 48.8 Å². The highest BCUT2D eigenvalue weighted by molar-refractivity contribution is 5.67. The minimum atomic E-state index is -0.385. The summed E-state index contributed by atoms with van der Waals surface area (Å²) in [6.07, 6.45) is 0.498. The quantitative estimate of drug-likeness (QED) is 0.860. The Morgan fingerprint density at radius 3 is 3.05 bits per heavy atom. The van der Waals surface area contributed by atoms with Crippen LogP contribution < -0.4 is 15.5 Å². The predicted octanol–water partition coefficient (Wildman–Crippen LogP) is 1.15. The van der Waals surface area contributed by atoms with E-state index >= 15 is 0 Å². The molecule has 1 atom stereocenters. The molecule has 0 bridgehead atoms. The number of aromatic nitrogens is 2. The molecule has 1 aliphatic heterocycles. The molecule has 1 aliphatic rings. The normalized spacial score (nSPS) is 17.9. The summed E-state index contributed by atoms with van der Waals surface area (Å²) in [6.45, 7) is 6.32. The van der Waals surface area contributed by atoms with E-state index in [2.05, 4.69) is 30.2 Å². The van der Waals surface area contributed by atoms with Crippen molar-refractivity contribution in [2.45, 2.75) is 26.3 Å². The Labute approximate surface area is 118 Å². The second-order valence-electron chi connectivity index (χ2n) is 4.76. The fraction of sp³-hybridized carbons (Fsp3) is 0.615. The zero-order valence-corrected chi connectivity index (χ0v) is 12.1. The SMILES string of the molecule is CCNc1cc(N2CCC(NC(=O)OC)C2)nc(C)n1. The molecule has 7 heteroatoms. The number of carbonyl (C=O) groups is 1. The minimum Gasteiger partial charge on any atom is -0.453 e. The molecule has 0 radical (unpaired) electrons. The number of ether oxygens (including phenoxy) is 1. The average Bonchev–Trinajstić information content (AvgIpc) is 2.87. The van der Waals surface area contributed by atoms with Gasteiger partial charge >= 0.3 is 6.09 Å². The van der Waals surface area contributed by atoms with Crippen molar-refractivity contribution in [2.24, 2.45) is 0 Å². The summed E-state index contributed by atoms with van der Waals surface area (Å²) in [6, 6.07) is 2.04. The van der Waals surface area contributed by atoms with Gasteiger partial charge in [-0.15, -0.1) is 0 Å². The third-order valence-corrected chi connectivity index (χ3v) is 3.20. The monoisotopic (exact) mass is 279 g/mol. The van der Waals surface area contributed by atoms with Crippen molar-refractivity contribution in [1.29, 1.82) is 0 Å². The first-order chi connectivity index (χ1) is 9.62. The lowest BCUT2D eigenvalue weighted by atomic mass is 10.3. The van der Waals surface area contributed by atoms with Crippen LogP contribution >= 0.6 is 0 Å². The van der Waals surface area contributed by atoms with Gasteiger partial charge in [-0.1, -0.05) is 0 Å². The van der Waals surface area contributed by atoms with Crippen LogP contribution in [0.15, 0.2) is 6.07 Å². The maximum absolute atomic E-state index is 11.2. The summed E-state index contributed by atoms with van der Waals surface area (Å²) in [4.78, 5) is 22.2. The van der Waals surface area contributed by atoms with Gasteiger partial charge in [0.05, 0.1) is 13.2 Å². The third-order valence-electron chi connectivity index (χ3n) is 3.20. The first kappa shape index (κ1) is 14.4. The standard InChI is InChI=1S/C13H21N5O2/c1-4-14-11-7-12(16-9(2)15-11)18-6-5-10(8-18)17-13(19)20-3/h7,10H,4-6,8H2,1-3H3,(H,17,19)(H,14,15,16). The lowest BCUT2D eigenvalue weighted by Crippen LogP contribution is -2.37. The fourth-order valence-corrected chi connectivity index (χ4v) is 2.30. The zero-order valence-electron chi connectivity index (χ0n) is 12.1. The van der Waals surface area contributed by atoms with Crippen LogP contribution in [0.2, 0.25) is 0 Å². The lowest BCUT2D eigenvalue weighted by molar-refractivity contribution is 0.167. The molecule has 2 rings (SSSR count). The number of anilines is 2. The van der Waals surface area contributed by atoms with Gasteiger partial charge in [-0.05, 0) is 20.3 Å². The molecule has 20 heavy (non-hydrogen) atoms. The van der Waals surface area contributed by atoms with E-state index in [4.69, 9.17) is 0 Å². The summed E-state index contributed by atoms with van der Waals surface area (Å²) in [5.74, 6) is 2.46. The number of aryl methyl sites for hydroxylation is 1. The van der Waals surface area contributed by atoms with Gasteiger partial charge in [0.15, 0.2) is 0 Å². The van der Waals surface area contributed by atoms with Crippen LogP contribution in [0.3, 0.4) is 0 Å². The number of alkyl carbamates (subject to hydrolysis) is 1. The van der Waals surface area contributed by atoms with Crippen molar-refractivity contribution in [3.63, 3.8) is 0 Å². The maximum atomic E-state index is 11.2. The highest BCUT2D eigenvalue weighted by Gasteiger charge is 2.25. The Morgan fingerprint density at radius 2 is 2.35 bits per heavy atom. The molecule has 1 saturated heterocycles. The van der Waals surface area contributed by atoms with E-state index < -0.39 is 0 Å². The van der Waals surface area contributed by atoms with E-state index in [-0.39, 0.29) is 12.1 Å². The van der Waals surface area contributed by atoms with E-state index in [1.165, 1.54) is 7.11 Å². The van der Waals surface area contributed by atoms with Crippen molar-refractivity contribution < 1.29 is 9.53 Å². The van der Waals surface area contributed by atoms with Crippen LogP contribution in [0.4, 0.5) is 16.4 Å². The van der Waals surface area contributed by atoms with Gasteiger partial charge in [-0.25, -0.2) is 14.8 Å². The molecule has 110 valence electrons. The second-order valence-corrected chi connectivity index (χ2v) is 4.76. The van der Waals surface area contributed by atoms with Crippen molar-refractivity contribution in [3.8, 4) is 0 Å². The molecule has 0 spiro atoms. The molecule has 1 aromatic rings. The van der Waals surface area contributed by atoms with Crippen molar-refractivity contribution in [1.82, 2.24) is 15.3 Å². The zero-order chi connectivity index (χ0) is 14.5. The fourth-order valence-electron chi connectivity index (χ4n) is 2.30. The molecule has 0 saturated carbocycles. The molecule has 7 nitrogen and oxygen atoms in total. The predicted molar refractivity (Wildman–Crippen MR) is 77.1 cm³/mol. The molecule has 1 amide bonds. The summed E-state index contributed by atoms with van der Waals surface area (Å²) < 4.78 is 4.62. The molecule has 0 aromatic carbocycles. The molecule has 2 heterocycles. The summed E-state index contributed by atoms with van der Waals surface area (Å²) in [7, 11) is 1.37. The van der Waals surface area contributed by atoms with Gasteiger partial charge in [0.1, 0.15) is 17.5 Å². The number of rotatable bonds is 4. The Bertz CT molecular complexity index is 480. The number of hydrogen-bond acceptors (Lipinski definition) is 6. The van der Waals surface area contributed by atoms with Crippen LogP contribution in [0.5, 0.6) is 0 Å². The number of methoxy groups -OCH3 is 1. The van der Waals surface area contributed by atoms with E-state index in [0.717, 1.165) is 43.5 Å². The Hall–Kier alpha value is -2.05. The molecular formula is C13H21N5O2. The smallest absolute Gasteiger partial charge is 0.407 e. The first-order valence-electron chi connectivity index (χ1n) is 6.81. The Balaban J connectivity index is 2.04. The van der Waals surface area contributed by atoms with Crippen molar-refractivity contribution in [2.75, 3.05) is 37.0 Å². The Morgan fingerprint density at radius 1 is 1.55 bits per heavy atom. The van der Waals surface area contributed by atoms with Crippen LogP contribution in [0.25, 0.3) is 0 Å². The van der Waals surface area contributed by atoms with Crippen LogP contribution in [0.1, 0.15) is 19.2 Å². The topological polar surface area (TPSA) is 79.4 Å². The molecule has 1 aromatic heterocycles. The van der Waals surface area contributed by atoms with E-state index in [1.54, 1.807) is 0 Å². The molecule has 2 N–H and O–H groups in total. The number of carbonyl (C=O) groups excluding carboxylic acids is 1. The van der Waals surface area contributed by atoms with E-state index in [9.17, 15) is 4.79 Å². The number of nitrogens with zero attached hydrogens (tertiary/aromatic N) is 3. The van der Waals surface area contributed by atoms with Gasteiger partial charge in [0.25, 0.3) is 0 Å². The first-order valence-corrected chi connectivity index (χ1v) is 6.81. The summed E-state index contributed by atoms with van der Waals surface area (Å²) >= 11 is 0. The van der Waals surface area contributed by atoms with Gasteiger partial charge in [-0.3, -0.25) is 0 Å². The van der Waals surface area contributed by atoms with Crippen LogP contribution in [-0.2, 0) is 4.74 Å². The van der Waals surface area contributed by atoms with Gasteiger partial charge < -0.3 is 20.3 Å². The highest BCUT2D eigenvalue weighted by Crippen LogP contribution is 2.20. The molecular weight excluding hydrogens is 258 g/mol. The summed E-state index contributed by atoms with van der Waals surface area (Å²) in [5, 5.41) is 6.02. The van der Waals surface area contributed by atoms with Gasteiger partial charge in [0, 0.05) is 25.7 Å². The van der Waals surface area contributed by atoms with Gasteiger partial charge in [0.2, 0.25) is 0 Å². The number of hydrogen-bond donors (Lipinski definition) is 2. The average molecular weight is 279 g/mol. The summed E-state index contributed by atoms with van der Waals surface area (Å²) in [5.41, 5.74) is 0.